The lowest BCUT2D eigenvalue weighted by Gasteiger charge is -2.10. The molecule has 0 saturated carbocycles. The number of hydrogen-bond acceptors (Lipinski definition) is 7. The number of aromatic nitrogens is 5. The number of carbonyl (C=O) groups is 1. The Labute approximate surface area is 195 Å². The van der Waals surface area contributed by atoms with E-state index >= 15 is 0 Å². The molecule has 32 heavy (non-hydrogen) atoms. The fourth-order valence-electron chi connectivity index (χ4n) is 3.86. The second-order valence-electron chi connectivity index (χ2n) is 7.76. The summed E-state index contributed by atoms with van der Waals surface area (Å²) in [6, 6.07) is 10.3. The van der Waals surface area contributed by atoms with E-state index in [1.54, 1.807) is 4.68 Å². The maximum atomic E-state index is 12.6. The first-order valence-electron chi connectivity index (χ1n) is 10.1. The Morgan fingerprint density at radius 1 is 1.06 bits per heavy atom. The molecular formula is C23H24N6OS2. The molecule has 0 aliphatic heterocycles. The molecule has 0 atom stereocenters. The molecular weight excluding hydrogens is 440 g/mol. The first-order valence-corrected chi connectivity index (χ1v) is 12.0. The van der Waals surface area contributed by atoms with Crippen LogP contribution in [-0.2, 0) is 4.79 Å². The minimum absolute atomic E-state index is 0.149. The van der Waals surface area contributed by atoms with E-state index in [-0.39, 0.29) is 11.7 Å². The molecule has 0 unspecified atom stereocenters. The lowest BCUT2D eigenvalue weighted by Crippen LogP contribution is -2.14. The van der Waals surface area contributed by atoms with Crippen LogP contribution in [0.3, 0.4) is 0 Å². The van der Waals surface area contributed by atoms with E-state index in [2.05, 4.69) is 58.7 Å². The van der Waals surface area contributed by atoms with Gasteiger partial charge in [0, 0.05) is 10.9 Å². The van der Waals surface area contributed by atoms with Crippen LogP contribution < -0.4 is 5.32 Å². The lowest BCUT2D eigenvalue weighted by atomic mass is 9.98. The van der Waals surface area contributed by atoms with Crippen molar-refractivity contribution >= 4 is 34.1 Å². The standard InChI is InChI=1S/C23H24N6OS2/c1-13-9-16(4)20(17(5)10-13)18-11-31-22(24-18)25-19(30)12-32-23-26-27-28-29(23)21-14(2)7-6-8-15(21)3/h6-11H,12H2,1-5H3,(H,24,25,30). The van der Waals surface area contributed by atoms with Gasteiger partial charge in [0.05, 0.1) is 17.1 Å². The van der Waals surface area contributed by atoms with Crippen molar-refractivity contribution in [1.29, 1.82) is 0 Å². The predicted molar refractivity (Wildman–Crippen MR) is 130 cm³/mol. The fourth-order valence-corrected chi connectivity index (χ4v) is 5.26. The Balaban J connectivity index is 1.44. The smallest absolute Gasteiger partial charge is 0.236 e. The molecule has 1 N–H and O–H groups in total. The summed E-state index contributed by atoms with van der Waals surface area (Å²) in [4.78, 5) is 17.2. The Kier molecular flexibility index (Phi) is 6.38. The summed E-state index contributed by atoms with van der Waals surface area (Å²) in [7, 11) is 0. The van der Waals surface area contributed by atoms with Crippen molar-refractivity contribution in [1.82, 2.24) is 25.2 Å². The van der Waals surface area contributed by atoms with E-state index in [0.29, 0.717) is 10.3 Å². The molecule has 1 amide bonds. The molecule has 2 aromatic heterocycles. The van der Waals surface area contributed by atoms with Gasteiger partial charge in [0.25, 0.3) is 0 Å². The number of carbonyl (C=O) groups excluding carboxylic acids is 1. The minimum atomic E-state index is -0.149. The van der Waals surface area contributed by atoms with Crippen molar-refractivity contribution in [3.8, 4) is 16.9 Å². The average molecular weight is 465 g/mol. The van der Waals surface area contributed by atoms with Crippen LogP contribution in [0.25, 0.3) is 16.9 Å². The molecule has 0 fully saturated rings. The van der Waals surface area contributed by atoms with Crippen LogP contribution in [0.2, 0.25) is 0 Å². The highest BCUT2D eigenvalue weighted by Crippen LogP contribution is 2.31. The largest absolute Gasteiger partial charge is 0.301 e. The van der Waals surface area contributed by atoms with Crippen molar-refractivity contribution in [2.75, 3.05) is 11.1 Å². The molecule has 0 aliphatic rings. The molecule has 0 aliphatic carbocycles. The number of hydrogen-bond donors (Lipinski definition) is 1. The van der Waals surface area contributed by atoms with Gasteiger partial charge in [0.15, 0.2) is 5.13 Å². The number of tetrazole rings is 1. The zero-order valence-corrected chi connectivity index (χ0v) is 20.3. The van der Waals surface area contributed by atoms with Gasteiger partial charge in [-0.1, -0.05) is 47.7 Å². The van der Waals surface area contributed by atoms with E-state index in [4.69, 9.17) is 0 Å². The Bertz CT molecular complexity index is 1250. The van der Waals surface area contributed by atoms with Gasteiger partial charge in [-0.15, -0.1) is 16.4 Å². The predicted octanol–water partition coefficient (Wildman–Crippen LogP) is 5.06. The Hall–Kier alpha value is -3.04. The molecule has 7 nitrogen and oxygen atoms in total. The molecule has 0 saturated heterocycles. The zero-order chi connectivity index (χ0) is 22.8. The van der Waals surface area contributed by atoms with Crippen molar-refractivity contribution in [3.05, 3.63) is 63.5 Å². The maximum absolute atomic E-state index is 12.6. The lowest BCUT2D eigenvalue weighted by molar-refractivity contribution is -0.113. The average Bonchev–Trinajstić information content (AvgIpc) is 3.35. The Morgan fingerprint density at radius 3 is 2.44 bits per heavy atom. The molecule has 0 bridgehead atoms. The van der Waals surface area contributed by atoms with Gasteiger partial charge in [-0.2, -0.15) is 4.68 Å². The molecule has 4 aromatic rings. The molecule has 9 heteroatoms. The molecule has 2 aromatic carbocycles. The van der Waals surface area contributed by atoms with Crippen LogP contribution in [0.4, 0.5) is 5.13 Å². The molecule has 2 heterocycles. The number of nitrogens with one attached hydrogen (secondary N) is 1. The van der Waals surface area contributed by atoms with Crippen LogP contribution in [0.15, 0.2) is 40.9 Å². The van der Waals surface area contributed by atoms with Crippen molar-refractivity contribution in [3.63, 3.8) is 0 Å². The van der Waals surface area contributed by atoms with E-state index in [1.165, 1.54) is 39.8 Å². The number of thioether (sulfide) groups is 1. The van der Waals surface area contributed by atoms with Gasteiger partial charge >= 0.3 is 0 Å². The van der Waals surface area contributed by atoms with E-state index < -0.39 is 0 Å². The second kappa shape index (κ2) is 9.22. The van der Waals surface area contributed by atoms with Crippen molar-refractivity contribution < 1.29 is 4.79 Å². The molecule has 0 radical (unpaired) electrons. The summed E-state index contributed by atoms with van der Waals surface area (Å²) in [6.07, 6.45) is 0. The normalized spacial score (nSPS) is 11.0. The number of anilines is 1. The summed E-state index contributed by atoms with van der Waals surface area (Å²) < 4.78 is 1.69. The number of para-hydroxylation sites is 1. The zero-order valence-electron chi connectivity index (χ0n) is 18.6. The summed E-state index contributed by atoms with van der Waals surface area (Å²) in [5, 5.41) is 18.1. The number of thiazole rings is 1. The molecule has 4 rings (SSSR count). The maximum Gasteiger partial charge on any atom is 0.236 e. The third-order valence-electron chi connectivity index (χ3n) is 5.11. The topological polar surface area (TPSA) is 85.6 Å². The van der Waals surface area contributed by atoms with Gasteiger partial charge in [-0.05, 0) is 67.3 Å². The van der Waals surface area contributed by atoms with E-state index in [0.717, 1.165) is 28.1 Å². The highest BCUT2D eigenvalue weighted by atomic mass is 32.2. The summed E-state index contributed by atoms with van der Waals surface area (Å²) >= 11 is 2.72. The van der Waals surface area contributed by atoms with Crippen molar-refractivity contribution in [2.45, 2.75) is 39.8 Å². The van der Waals surface area contributed by atoms with E-state index in [9.17, 15) is 4.79 Å². The number of nitrogens with zero attached hydrogens (tertiary/aromatic N) is 5. The summed E-state index contributed by atoms with van der Waals surface area (Å²) in [5.41, 5.74) is 8.67. The number of aryl methyl sites for hydroxylation is 5. The second-order valence-corrected chi connectivity index (χ2v) is 9.56. The van der Waals surface area contributed by atoms with Gasteiger partial charge in [0.2, 0.25) is 11.1 Å². The summed E-state index contributed by atoms with van der Waals surface area (Å²) in [5.74, 6) is 0.0345. The highest BCUT2D eigenvalue weighted by molar-refractivity contribution is 7.99. The van der Waals surface area contributed by atoms with E-state index in [1.807, 2.05) is 37.4 Å². The third-order valence-corrected chi connectivity index (χ3v) is 6.79. The molecule has 0 spiro atoms. The third kappa shape index (κ3) is 4.58. The highest BCUT2D eigenvalue weighted by Gasteiger charge is 2.16. The first kappa shape index (κ1) is 22.2. The van der Waals surface area contributed by atoms with Gasteiger partial charge < -0.3 is 5.32 Å². The van der Waals surface area contributed by atoms with Crippen LogP contribution in [0.5, 0.6) is 0 Å². The van der Waals surface area contributed by atoms with Crippen molar-refractivity contribution in [2.24, 2.45) is 0 Å². The number of rotatable bonds is 6. The van der Waals surface area contributed by atoms with Crippen LogP contribution in [0.1, 0.15) is 27.8 Å². The van der Waals surface area contributed by atoms with Gasteiger partial charge in [-0.3, -0.25) is 4.79 Å². The number of amides is 1. The van der Waals surface area contributed by atoms with Crippen LogP contribution in [-0.4, -0.2) is 36.9 Å². The van der Waals surface area contributed by atoms with Crippen LogP contribution in [0, 0.1) is 34.6 Å². The van der Waals surface area contributed by atoms with Crippen LogP contribution >= 0.6 is 23.1 Å². The van der Waals surface area contributed by atoms with Gasteiger partial charge in [-0.25, -0.2) is 4.98 Å². The quantitative estimate of drug-likeness (QED) is 0.402. The SMILES string of the molecule is Cc1cc(C)c(-c2csc(NC(=O)CSc3nnnn3-c3c(C)cccc3C)n2)c(C)c1. The first-order chi connectivity index (χ1) is 15.3. The monoisotopic (exact) mass is 464 g/mol. The molecule has 164 valence electrons. The van der Waals surface area contributed by atoms with Gasteiger partial charge in [0.1, 0.15) is 0 Å². The fraction of sp³-hybridized carbons (Fsp3) is 0.261. The number of benzene rings is 2. The Morgan fingerprint density at radius 2 is 1.75 bits per heavy atom. The minimum Gasteiger partial charge on any atom is -0.301 e. The summed E-state index contributed by atoms with van der Waals surface area (Å²) in [6.45, 7) is 10.3.